The average molecular weight is 192 g/mol. The van der Waals surface area contributed by atoms with Crippen molar-refractivity contribution in [3.8, 4) is 0 Å². The summed E-state index contributed by atoms with van der Waals surface area (Å²) in [5.74, 6) is -0.578. The highest BCUT2D eigenvalue weighted by Gasteiger charge is 2.12. The number of carbonyl (C=O) groups is 1. The van der Waals surface area contributed by atoms with Crippen LogP contribution in [0.5, 0.6) is 0 Å². The van der Waals surface area contributed by atoms with E-state index < -0.39 is 5.97 Å². The maximum atomic E-state index is 10.6. The van der Waals surface area contributed by atoms with Crippen LogP contribution in [0.15, 0.2) is 24.3 Å². The first-order valence-electron chi connectivity index (χ1n) is 4.91. The SMILES string of the molecule is CC[C@H](CC(=O)O)c1ccc(C)cc1. The molecule has 0 fully saturated rings. The van der Waals surface area contributed by atoms with Crippen LogP contribution in [0.2, 0.25) is 0 Å². The number of rotatable bonds is 4. The van der Waals surface area contributed by atoms with Gasteiger partial charge in [0.25, 0.3) is 0 Å². The smallest absolute Gasteiger partial charge is 0.303 e. The number of hydrogen-bond acceptors (Lipinski definition) is 1. The molecule has 1 aromatic carbocycles. The fourth-order valence-corrected chi connectivity index (χ4v) is 1.55. The van der Waals surface area contributed by atoms with Crippen LogP contribution in [0, 0.1) is 6.92 Å². The summed E-state index contributed by atoms with van der Waals surface area (Å²) in [5, 5.41) is 8.73. The van der Waals surface area contributed by atoms with Gasteiger partial charge in [0.15, 0.2) is 0 Å². The van der Waals surface area contributed by atoms with Crippen molar-refractivity contribution < 1.29 is 9.90 Å². The summed E-state index contributed by atoms with van der Waals surface area (Å²) in [6.45, 7) is 4.05. The molecule has 1 N–H and O–H groups in total. The molecule has 0 saturated heterocycles. The third-order valence-electron chi connectivity index (χ3n) is 2.46. The van der Waals surface area contributed by atoms with Gasteiger partial charge in [0.05, 0.1) is 6.42 Å². The molecule has 14 heavy (non-hydrogen) atoms. The molecule has 0 heterocycles. The van der Waals surface area contributed by atoms with E-state index in [4.69, 9.17) is 5.11 Å². The van der Waals surface area contributed by atoms with E-state index in [2.05, 4.69) is 0 Å². The van der Waals surface area contributed by atoms with E-state index in [1.165, 1.54) is 5.56 Å². The summed E-state index contributed by atoms with van der Waals surface area (Å²) >= 11 is 0. The number of carboxylic acids is 1. The number of benzene rings is 1. The fourth-order valence-electron chi connectivity index (χ4n) is 1.55. The molecule has 1 atom stereocenters. The van der Waals surface area contributed by atoms with E-state index in [9.17, 15) is 4.79 Å². The maximum absolute atomic E-state index is 10.6. The number of carboxylic acid groups (broad SMARTS) is 1. The molecule has 0 unspecified atom stereocenters. The van der Waals surface area contributed by atoms with E-state index in [1.54, 1.807) is 0 Å². The second-order valence-electron chi connectivity index (χ2n) is 3.61. The van der Waals surface area contributed by atoms with Gasteiger partial charge in [-0.1, -0.05) is 36.8 Å². The van der Waals surface area contributed by atoms with Gasteiger partial charge in [-0.3, -0.25) is 4.79 Å². The summed E-state index contributed by atoms with van der Waals surface area (Å²) in [6.07, 6.45) is 1.09. The van der Waals surface area contributed by atoms with Crippen LogP contribution < -0.4 is 0 Å². The topological polar surface area (TPSA) is 37.3 Å². The third kappa shape index (κ3) is 2.87. The zero-order chi connectivity index (χ0) is 10.6. The van der Waals surface area contributed by atoms with Gasteiger partial charge in [0, 0.05) is 0 Å². The molecule has 2 nitrogen and oxygen atoms in total. The van der Waals surface area contributed by atoms with Gasteiger partial charge < -0.3 is 5.11 Å². The first-order chi connectivity index (χ1) is 6.63. The highest BCUT2D eigenvalue weighted by Crippen LogP contribution is 2.23. The molecule has 0 aliphatic carbocycles. The quantitative estimate of drug-likeness (QED) is 0.796. The molecule has 0 bridgehead atoms. The number of hydrogen-bond donors (Lipinski definition) is 1. The molecule has 1 rings (SSSR count). The zero-order valence-corrected chi connectivity index (χ0v) is 8.66. The Morgan fingerprint density at radius 1 is 1.36 bits per heavy atom. The largest absolute Gasteiger partial charge is 0.481 e. The van der Waals surface area contributed by atoms with Gasteiger partial charge in [-0.2, -0.15) is 0 Å². The van der Waals surface area contributed by atoms with E-state index in [-0.39, 0.29) is 12.3 Å². The lowest BCUT2D eigenvalue weighted by molar-refractivity contribution is -0.137. The molecule has 2 heteroatoms. The first kappa shape index (κ1) is 10.8. The molecule has 0 aromatic heterocycles. The third-order valence-corrected chi connectivity index (χ3v) is 2.46. The van der Waals surface area contributed by atoms with Crippen molar-refractivity contribution in [3.05, 3.63) is 35.4 Å². The van der Waals surface area contributed by atoms with Crippen molar-refractivity contribution in [2.24, 2.45) is 0 Å². The van der Waals surface area contributed by atoms with Crippen LogP contribution in [0.3, 0.4) is 0 Å². The van der Waals surface area contributed by atoms with Crippen LogP contribution in [0.1, 0.15) is 36.8 Å². The van der Waals surface area contributed by atoms with Crippen molar-refractivity contribution in [1.82, 2.24) is 0 Å². The molecular formula is C12H16O2. The van der Waals surface area contributed by atoms with E-state index >= 15 is 0 Å². The van der Waals surface area contributed by atoms with E-state index in [1.807, 2.05) is 38.1 Å². The Labute approximate surface area is 84.6 Å². The Balaban J connectivity index is 2.78. The number of aliphatic carboxylic acids is 1. The van der Waals surface area contributed by atoms with Gasteiger partial charge in [-0.25, -0.2) is 0 Å². The summed E-state index contributed by atoms with van der Waals surface area (Å²) in [6, 6.07) is 8.10. The summed E-state index contributed by atoms with van der Waals surface area (Å²) in [4.78, 5) is 10.6. The lowest BCUT2D eigenvalue weighted by Crippen LogP contribution is -2.05. The molecule has 1 aromatic rings. The second-order valence-corrected chi connectivity index (χ2v) is 3.61. The molecule has 76 valence electrons. The Bertz CT molecular complexity index is 301. The Hall–Kier alpha value is -1.31. The van der Waals surface area contributed by atoms with Crippen molar-refractivity contribution >= 4 is 5.97 Å². The predicted molar refractivity (Wildman–Crippen MR) is 56.5 cm³/mol. The molecule has 0 aliphatic rings. The highest BCUT2D eigenvalue weighted by atomic mass is 16.4. The fraction of sp³-hybridized carbons (Fsp3) is 0.417. The summed E-state index contributed by atoms with van der Waals surface area (Å²) in [5.41, 5.74) is 2.33. The van der Waals surface area contributed by atoms with Gasteiger partial charge in [-0.15, -0.1) is 0 Å². The van der Waals surface area contributed by atoms with Crippen LogP contribution >= 0.6 is 0 Å². The van der Waals surface area contributed by atoms with Gasteiger partial charge in [0.1, 0.15) is 0 Å². The van der Waals surface area contributed by atoms with Crippen LogP contribution in [-0.4, -0.2) is 11.1 Å². The summed E-state index contributed by atoms with van der Waals surface area (Å²) < 4.78 is 0. The normalized spacial score (nSPS) is 12.4. The second kappa shape index (κ2) is 4.80. The van der Waals surface area contributed by atoms with Gasteiger partial charge in [-0.05, 0) is 24.8 Å². The minimum atomic E-state index is -0.725. The van der Waals surface area contributed by atoms with E-state index in [0.717, 1.165) is 12.0 Å². The van der Waals surface area contributed by atoms with Gasteiger partial charge >= 0.3 is 5.97 Å². The zero-order valence-electron chi connectivity index (χ0n) is 8.66. The van der Waals surface area contributed by atoms with Crippen molar-refractivity contribution in [1.29, 1.82) is 0 Å². The average Bonchev–Trinajstić information content (AvgIpc) is 2.15. The summed E-state index contributed by atoms with van der Waals surface area (Å²) in [7, 11) is 0. The van der Waals surface area contributed by atoms with Crippen LogP contribution in [0.4, 0.5) is 0 Å². The van der Waals surface area contributed by atoms with Crippen LogP contribution in [0.25, 0.3) is 0 Å². The Morgan fingerprint density at radius 3 is 2.36 bits per heavy atom. The Kier molecular flexibility index (Phi) is 3.69. The van der Waals surface area contributed by atoms with Crippen molar-refractivity contribution in [3.63, 3.8) is 0 Å². The maximum Gasteiger partial charge on any atom is 0.303 e. The monoisotopic (exact) mass is 192 g/mol. The molecule has 0 saturated carbocycles. The molecule has 0 radical (unpaired) electrons. The van der Waals surface area contributed by atoms with E-state index in [0.29, 0.717) is 0 Å². The molecular weight excluding hydrogens is 176 g/mol. The predicted octanol–water partition coefficient (Wildman–Crippen LogP) is 2.96. The minimum Gasteiger partial charge on any atom is -0.481 e. The lowest BCUT2D eigenvalue weighted by Gasteiger charge is -2.12. The molecule has 0 amide bonds. The molecule has 0 spiro atoms. The lowest BCUT2D eigenvalue weighted by atomic mass is 9.93. The first-order valence-corrected chi connectivity index (χ1v) is 4.91. The van der Waals surface area contributed by atoms with Crippen molar-refractivity contribution in [2.45, 2.75) is 32.6 Å². The number of aryl methyl sites for hydroxylation is 1. The van der Waals surface area contributed by atoms with Crippen molar-refractivity contribution in [2.75, 3.05) is 0 Å². The van der Waals surface area contributed by atoms with Gasteiger partial charge in [0.2, 0.25) is 0 Å². The standard InChI is InChI=1S/C12H16O2/c1-3-10(8-12(13)14)11-6-4-9(2)5-7-11/h4-7,10H,3,8H2,1-2H3,(H,13,14)/t10-/m1/s1. The molecule has 0 aliphatic heterocycles. The minimum absolute atomic E-state index is 0.146. The Morgan fingerprint density at radius 2 is 1.93 bits per heavy atom. The highest BCUT2D eigenvalue weighted by molar-refractivity contribution is 5.68. The van der Waals surface area contributed by atoms with Crippen LogP contribution in [-0.2, 0) is 4.79 Å².